The van der Waals surface area contributed by atoms with Crippen molar-refractivity contribution in [2.75, 3.05) is 13.1 Å². The summed E-state index contributed by atoms with van der Waals surface area (Å²) in [6.45, 7) is 8.04. The molecule has 1 rings (SSSR count). The average Bonchev–Trinajstić information content (AvgIpc) is 2.33. The topological polar surface area (TPSA) is 67.4 Å². The van der Waals surface area contributed by atoms with Crippen LogP contribution in [0, 0.1) is 6.92 Å². The number of amides is 2. The number of nitrogens with one attached hydrogen (secondary N) is 2. The van der Waals surface area contributed by atoms with Gasteiger partial charge < -0.3 is 15.4 Å². The van der Waals surface area contributed by atoms with E-state index in [9.17, 15) is 9.59 Å². The molecule has 0 fully saturated rings. The van der Waals surface area contributed by atoms with Crippen LogP contribution in [-0.2, 0) is 4.74 Å². The summed E-state index contributed by atoms with van der Waals surface area (Å²) in [6.07, 6.45) is -0.484. The Balaban J connectivity index is 2.26. The molecule has 110 valence electrons. The van der Waals surface area contributed by atoms with E-state index in [1.807, 2.05) is 19.1 Å². The van der Waals surface area contributed by atoms with Crippen molar-refractivity contribution in [1.82, 2.24) is 10.6 Å². The highest BCUT2D eigenvalue weighted by Gasteiger charge is 2.15. The molecule has 0 saturated carbocycles. The van der Waals surface area contributed by atoms with Crippen molar-refractivity contribution in [2.24, 2.45) is 0 Å². The first-order chi connectivity index (χ1) is 9.28. The molecule has 0 aliphatic rings. The lowest BCUT2D eigenvalue weighted by molar-refractivity contribution is 0.0526. The van der Waals surface area contributed by atoms with Crippen molar-refractivity contribution in [3.63, 3.8) is 0 Å². The van der Waals surface area contributed by atoms with E-state index < -0.39 is 11.7 Å². The van der Waals surface area contributed by atoms with Crippen LogP contribution < -0.4 is 10.6 Å². The number of benzene rings is 1. The Bertz CT molecular complexity index is 461. The van der Waals surface area contributed by atoms with Crippen LogP contribution in [0.2, 0.25) is 0 Å². The van der Waals surface area contributed by atoms with Crippen molar-refractivity contribution < 1.29 is 14.3 Å². The zero-order valence-corrected chi connectivity index (χ0v) is 12.4. The molecule has 0 aliphatic carbocycles. The van der Waals surface area contributed by atoms with Gasteiger partial charge in [-0.15, -0.1) is 0 Å². The quantitative estimate of drug-likeness (QED) is 0.830. The SMILES string of the molecule is Cc1ccc(C(=O)NCCNC(=O)OC(C)(C)C)cc1. The average molecular weight is 278 g/mol. The molecule has 0 radical (unpaired) electrons. The van der Waals surface area contributed by atoms with Crippen molar-refractivity contribution >= 4 is 12.0 Å². The van der Waals surface area contributed by atoms with Gasteiger partial charge in [0.1, 0.15) is 5.60 Å². The van der Waals surface area contributed by atoms with Gasteiger partial charge in [0.25, 0.3) is 5.91 Å². The van der Waals surface area contributed by atoms with E-state index in [2.05, 4.69) is 10.6 Å². The number of carbonyl (C=O) groups is 2. The van der Waals surface area contributed by atoms with Crippen LogP contribution >= 0.6 is 0 Å². The molecule has 0 saturated heterocycles. The maximum absolute atomic E-state index is 11.8. The summed E-state index contributed by atoms with van der Waals surface area (Å²) < 4.78 is 5.08. The van der Waals surface area contributed by atoms with E-state index in [1.54, 1.807) is 32.9 Å². The molecule has 0 unspecified atom stereocenters. The zero-order valence-electron chi connectivity index (χ0n) is 12.4. The summed E-state index contributed by atoms with van der Waals surface area (Å²) in [7, 11) is 0. The van der Waals surface area contributed by atoms with E-state index in [0.29, 0.717) is 18.7 Å². The predicted molar refractivity (Wildman–Crippen MR) is 77.7 cm³/mol. The predicted octanol–water partition coefficient (Wildman–Crippen LogP) is 2.25. The highest BCUT2D eigenvalue weighted by atomic mass is 16.6. The molecule has 5 nitrogen and oxygen atoms in total. The highest BCUT2D eigenvalue weighted by Crippen LogP contribution is 2.06. The molecule has 20 heavy (non-hydrogen) atoms. The summed E-state index contributed by atoms with van der Waals surface area (Å²) in [4.78, 5) is 23.1. The fourth-order valence-electron chi connectivity index (χ4n) is 1.46. The second-order valence-electron chi connectivity index (χ2n) is 5.55. The molecule has 0 spiro atoms. The second-order valence-corrected chi connectivity index (χ2v) is 5.55. The number of hydrogen-bond donors (Lipinski definition) is 2. The number of hydrogen-bond acceptors (Lipinski definition) is 3. The lowest BCUT2D eigenvalue weighted by atomic mass is 10.1. The normalized spacial score (nSPS) is 10.8. The highest BCUT2D eigenvalue weighted by molar-refractivity contribution is 5.94. The maximum Gasteiger partial charge on any atom is 0.407 e. The fourth-order valence-corrected chi connectivity index (χ4v) is 1.46. The van der Waals surface area contributed by atoms with Crippen LogP contribution in [-0.4, -0.2) is 30.7 Å². The van der Waals surface area contributed by atoms with Gasteiger partial charge in [-0.05, 0) is 39.8 Å². The Morgan fingerprint density at radius 1 is 1.05 bits per heavy atom. The Morgan fingerprint density at radius 3 is 2.15 bits per heavy atom. The first-order valence-corrected chi connectivity index (χ1v) is 6.59. The zero-order chi connectivity index (χ0) is 15.2. The molecule has 0 heterocycles. The van der Waals surface area contributed by atoms with Crippen LogP contribution in [0.25, 0.3) is 0 Å². The minimum Gasteiger partial charge on any atom is -0.444 e. The number of aryl methyl sites for hydroxylation is 1. The third-order valence-electron chi connectivity index (χ3n) is 2.39. The van der Waals surface area contributed by atoms with Gasteiger partial charge in [-0.2, -0.15) is 0 Å². The molecular weight excluding hydrogens is 256 g/mol. The number of ether oxygens (including phenoxy) is 1. The Labute approximate surface area is 119 Å². The minimum atomic E-state index is -0.519. The van der Waals surface area contributed by atoms with E-state index in [1.165, 1.54) is 0 Å². The first kappa shape index (κ1) is 16.0. The fraction of sp³-hybridized carbons (Fsp3) is 0.467. The van der Waals surface area contributed by atoms with Crippen LogP contribution in [0.3, 0.4) is 0 Å². The molecular formula is C15H22N2O3. The lowest BCUT2D eigenvalue weighted by Crippen LogP contribution is -2.37. The maximum atomic E-state index is 11.8. The van der Waals surface area contributed by atoms with E-state index in [0.717, 1.165) is 5.56 Å². The van der Waals surface area contributed by atoms with Crippen LogP contribution in [0.5, 0.6) is 0 Å². The van der Waals surface area contributed by atoms with Gasteiger partial charge >= 0.3 is 6.09 Å². The largest absolute Gasteiger partial charge is 0.444 e. The van der Waals surface area contributed by atoms with Gasteiger partial charge in [-0.3, -0.25) is 4.79 Å². The van der Waals surface area contributed by atoms with Crippen molar-refractivity contribution in [1.29, 1.82) is 0 Å². The standard InChI is InChI=1S/C15H22N2O3/c1-11-5-7-12(8-6-11)13(18)16-9-10-17-14(19)20-15(2,3)4/h5-8H,9-10H2,1-4H3,(H,16,18)(H,17,19). The molecule has 1 aromatic rings. The van der Waals surface area contributed by atoms with Crippen molar-refractivity contribution in [3.8, 4) is 0 Å². The number of alkyl carbamates (subject to hydrolysis) is 1. The molecule has 0 atom stereocenters. The summed E-state index contributed by atoms with van der Waals surface area (Å²) in [5.74, 6) is -0.156. The first-order valence-electron chi connectivity index (χ1n) is 6.59. The van der Waals surface area contributed by atoms with E-state index >= 15 is 0 Å². The monoisotopic (exact) mass is 278 g/mol. The number of rotatable bonds is 4. The molecule has 5 heteroatoms. The molecule has 2 amide bonds. The van der Waals surface area contributed by atoms with Crippen molar-refractivity contribution in [2.45, 2.75) is 33.3 Å². The smallest absolute Gasteiger partial charge is 0.407 e. The van der Waals surface area contributed by atoms with Gasteiger partial charge in [0, 0.05) is 18.7 Å². The number of carbonyl (C=O) groups excluding carboxylic acids is 2. The Morgan fingerprint density at radius 2 is 1.60 bits per heavy atom. The van der Waals surface area contributed by atoms with E-state index in [4.69, 9.17) is 4.74 Å². The summed E-state index contributed by atoms with van der Waals surface area (Å²) in [6, 6.07) is 7.31. The van der Waals surface area contributed by atoms with Crippen LogP contribution in [0.1, 0.15) is 36.7 Å². The molecule has 0 aliphatic heterocycles. The van der Waals surface area contributed by atoms with Crippen molar-refractivity contribution in [3.05, 3.63) is 35.4 Å². The van der Waals surface area contributed by atoms with Gasteiger partial charge in [0.05, 0.1) is 0 Å². The Kier molecular flexibility index (Phi) is 5.55. The lowest BCUT2D eigenvalue weighted by Gasteiger charge is -2.19. The Hall–Kier alpha value is -2.04. The summed E-state index contributed by atoms with van der Waals surface area (Å²) in [5.41, 5.74) is 1.19. The molecule has 0 bridgehead atoms. The van der Waals surface area contributed by atoms with Gasteiger partial charge in [-0.25, -0.2) is 4.79 Å². The third kappa shape index (κ3) is 6.22. The second kappa shape index (κ2) is 6.93. The van der Waals surface area contributed by atoms with Gasteiger partial charge in [0.2, 0.25) is 0 Å². The van der Waals surface area contributed by atoms with E-state index in [-0.39, 0.29) is 5.91 Å². The molecule has 1 aromatic carbocycles. The summed E-state index contributed by atoms with van der Waals surface area (Å²) >= 11 is 0. The minimum absolute atomic E-state index is 0.156. The van der Waals surface area contributed by atoms with Crippen LogP contribution in [0.15, 0.2) is 24.3 Å². The summed E-state index contributed by atoms with van der Waals surface area (Å²) in [5, 5.41) is 5.31. The third-order valence-corrected chi connectivity index (χ3v) is 2.39. The van der Waals surface area contributed by atoms with Crippen LogP contribution in [0.4, 0.5) is 4.79 Å². The van der Waals surface area contributed by atoms with Gasteiger partial charge in [-0.1, -0.05) is 17.7 Å². The molecule has 0 aromatic heterocycles. The molecule has 2 N–H and O–H groups in total. The van der Waals surface area contributed by atoms with Gasteiger partial charge in [0.15, 0.2) is 0 Å².